The third-order valence-electron chi connectivity index (χ3n) is 6.48. The molecule has 1 fully saturated rings. The SMILES string of the molecule is COc1cc2c(cc1OC)C(=O)CC1(CCN(C(=O)c3cccc(-c4ccn[nH]4)c3)CC1)O2. The van der Waals surface area contributed by atoms with Crippen LogP contribution in [0.15, 0.2) is 48.7 Å². The van der Waals surface area contributed by atoms with Crippen LogP contribution in [0.2, 0.25) is 0 Å². The number of aromatic nitrogens is 2. The molecule has 3 aromatic rings. The fourth-order valence-corrected chi connectivity index (χ4v) is 4.64. The molecule has 3 heterocycles. The van der Waals surface area contributed by atoms with Gasteiger partial charge in [0.2, 0.25) is 0 Å². The largest absolute Gasteiger partial charge is 0.493 e. The molecular formula is C25H25N3O5. The van der Waals surface area contributed by atoms with Gasteiger partial charge in [0, 0.05) is 49.3 Å². The van der Waals surface area contributed by atoms with Crippen LogP contribution in [0.1, 0.15) is 40.0 Å². The highest BCUT2D eigenvalue weighted by Gasteiger charge is 2.44. The summed E-state index contributed by atoms with van der Waals surface area (Å²) in [7, 11) is 3.09. The highest BCUT2D eigenvalue weighted by molar-refractivity contribution is 6.01. The molecule has 0 saturated carbocycles. The number of methoxy groups -OCH3 is 2. The monoisotopic (exact) mass is 447 g/mol. The van der Waals surface area contributed by atoms with Crippen molar-refractivity contribution in [2.75, 3.05) is 27.3 Å². The maximum Gasteiger partial charge on any atom is 0.253 e. The number of carbonyl (C=O) groups excluding carboxylic acids is 2. The lowest BCUT2D eigenvalue weighted by Gasteiger charge is -2.44. The zero-order valence-electron chi connectivity index (χ0n) is 18.6. The van der Waals surface area contributed by atoms with E-state index < -0.39 is 5.60 Å². The maximum atomic E-state index is 13.2. The van der Waals surface area contributed by atoms with Crippen LogP contribution >= 0.6 is 0 Å². The molecule has 2 aromatic carbocycles. The van der Waals surface area contributed by atoms with Gasteiger partial charge in [-0.1, -0.05) is 12.1 Å². The first-order valence-corrected chi connectivity index (χ1v) is 10.9. The Morgan fingerprint density at radius 3 is 2.55 bits per heavy atom. The van der Waals surface area contributed by atoms with E-state index in [9.17, 15) is 9.59 Å². The summed E-state index contributed by atoms with van der Waals surface area (Å²) in [5, 5.41) is 6.90. The first-order chi connectivity index (χ1) is 16.0. The fourth-order valence-electron chi connectivity index (χ4n) is 4.64. The zero-order valence-corrected chi connectivity index (χ0v) is 18.6. The topological polar surface area (TPSA) is 93.8 Å². The van der Waals surface area contributed by atoms with Crippen LogP contribution in [0.3, 0.4) is 0 Å². The average molecular weight is 447 g/mol. The Labute approximate surface area is 191 Å². The van der Waals surface area contributed by atoms with E-state index in [1.165, 1.54) is 7.11 Å². The lowest BCUT2D eigenvalue weighted by atomic mass is 9.82. The molecule has 170 valence electrons. The van der Waals surface area contributed by atoms with Crippen LogP contribution in [0.4, 0.5) is 0 Å². The Bertz CT molecular complexity index is 1200. The minimum absolute atomic E-state index is 0.0178. The van der Waals surface area contributed by atoms with E-state index >= 15 is 0 Å². The van der Waals surface area contributed by atoms with Crippen LogP contribution in [0, 0.1) is 0 Å². The number of H-pyrrole nitrogens is 1. The Balaban J connectivity index is 1.32. The smallest absolute Gasteiger partial charge is 0.253 e. The highest BCUT2D eigenvalue weighted by atomic mass is 16.5. The number of fused-ring (bicyclic) bond motifs is 1. The molecule has 1 amide bonds. The molecule has 33 heavy (non-hydrogen) atoms. The van der Waals surface area contributed by atoms with Gasteiger partial charge in [0.15, 0.2) is 17.3 Å². The van der Waals surface area contributed by atoms with Crippen molar-refractivity contribution in [2.45, 2.75) is 24.9 Å². The highest BCUT2D eigenvalue weighted by Crippen LogP contribution is 2.44. The number of likely N-dealkylation sites (tertiary alicyclic amines) is 1. The average Bonchev–Trinajstić information content (AvgIpc) is 3.38. The third-order valence-corrected chi connectivity index (χ3v) is 6.48. The van der Waals surface area contributed by atoms with Crippen molar-refractivity contribution >= 4 is 11.7 Å². The van der Waals surface area contributed by atoms with Gasteiger partial charge in [-0.25, -0.2) is 0 Å². The van der Waals surface area contributed by atoms with Gasteiger partial charge in [-0.05, 0) is 24.3 Å². The van der Waals surface area contributed by atoms with Crippen LogP contribution in [0.25, 0.3) is 11.3 Å². The molecule has 5 rings (SSSR count). The van der Waals surface area contributed by atoms with Crippen LogP contribution in [-0.4, -0.2) is 59.7 Å². The number of Topliss-reactive ketones (excluding diaryl/α,β-unsaturated/α-hetero) is 1. The number of benzene rings is 2. The molecule has 1 spiro atoms. The fraction of sp³-hybridized carbons (Fsp3) is 0.320. The predicted molar refractivity (Wildman–Crippen MR) is 121 cm³/mol. The van der Waals surface area contributed by atoms with Gasteiger partial charge in [0.1, 0.15) is 11.4 Å². The summed E-state index contributed by atoms with van der Waals surface area (Å²) in [5.74, 6) is 1.52. The molecule has 2 aliphatic rings. The van der Waals surface area contributed by atoms with Gasteiger partial charge < -0.3 is 19.1 Å². The van der Waals surface area contributed by atoms with Gasteiger partial charge in [0.25, 0.3) is 5.91 Å². The summed E-state index contributed by atoms with van der Waals surface area (Å²) >= 11 is 0. The summed E-state index contributed by atoms with van der Waals surface area (Å²) < 4.78 is 17.1. The molecule has 8 heteroatoms. The predicted octanol–water partition coefficient (Wildman–Crippen LogP) is 3.73. The summed E-state index contributed by atoms with van der Waals surface area (Å²) in [6.07, 6.45) is 3.13. The molecule has 1 aromatic heterocycles. The van der Waals surface area contributed by atoms with Gasteiger partial charge in [0.05, 0.1) is 31.9 Å². The Morgan fingerprint density at radius 1 is 1.09 bits per heavy atom. The van der Waals surface area contributed by atoms with E-state index in [-0.39, 0.29) is 18.1 Å². The number of amides is 1. The number of ether oxygens (including phenoxy) is 3. The normalized spacial score (nSPS) is 16.8. The molecule has 0 aliphatic carbocycles. The quantitative estimate of drug-likeness (QED) is 0.655. The first kappa shape index (κ1) is 21.1. The second-order valence-electron chi connectivity index (χ2n) is 8.43. The second kappa shape index (κ2) is 8.27. The summed E-state index contributed by atoms with van der Waals surface area (Å²) in [5.41, 5.74) is 2.29. The van der Waals surface area contributed by atoms with Crippen molar-refractivity contribution < 1.29 is 23.8 Å². The molecule has 0 atom stereocenters. The molecule has 0 radical (unpaired) electrons. The molecule has 8 nitrogen and oxygen atoms in total. The number of rotatable bonds is 4. The number of hydrogen-bond donors (Lipinski definition) is 1. The minimum atomic E-state index is -0.613. The van der Waals surface area contributed by atoms with E-state index in [1.807, 2.05) is 35.2 Å². The number of ketones is 1. The van der Waals surface area contributed by atoms with E-state index in [4.69, 9.17) is 14.2 Å². The third kappa shape index (κ3) is 3.82. The summed E-state index contributed by atoms with van der Waals surface area (Å²) in [4.78, 5) is 27.9. The maximum absolute atomic E-state index is 13.2. The van der Waals surface area contributed by atoms with Crippen molar-refractivity contribution in [1.29, 1.82) is 0 Å². The number of nitrogens with zero attached hydrogens (tertiary/aromatic N) is 2. The van der Waals surface area contributed by atoms with E-state index in [1.54, 1.807) is 25.4 Å². The van der Waals surface area contributed by atoms with Crippen LogP contribution < -0.4 is 14.2 Å². The van der Waals surface area contributed by atoms with Crippen molar-refractivity contribution in [1.82, 2.24) is 15.1 Å². The molecule has 0 bridgehead atoms. The first-order valence-electron chi connectivity index (χ1n) is 10.9. The van der Waals surface area contributed by atoms with Gasteiger partial charge >= 0.3 is 0 Å². The Morgan fingerprint density at radius 2 is 1.85 bits per heavy atom. The number of carbonyl (C=O) groups is 2. The lowest BCUT2D eigenvalue weighted by molar-refractivity contribution is -0.00588. The number of aromatic amines is 1. The van der Waals surface area contributed by atoms with E-state index in [2.05, 4.69) is 10.2 Å². The van der Waals surface area contributed by atoms with Crippen molar-refractivity contribution in [3.63, 3.8) is 0 Å². The van der Waals surface area contributed by atoms with Gasteiger partial charge in [-0.3, -0.25) is 14.7 Å². The zero-order chi connectivity index (χ0) is 23.0. The number of nitrogens with one attached hydrogen (secondary N) is 1. The molecule has 0 unspecified atom stereocenters. The second-order valence-corrected chi connectivity index (χ2v) is 8.43. The minimum Gasteiger partial charge on any atom is -0.493 e. The molecule has 2 aliphatic heterocycles. The summed E-state index contributed by atoms with van der Waals surface area (Å²) in [6.45, 7) is 1.03. The lowest BCUT2D eigenvalue weighted by Crippen LogP contribution is -2.52. The van der Waals surface area contributed by atoms with Gasteiger partial charge in [-0.2, -0.15) is 5.10 Å². The van der Waals surface area contributed by atoms with E-state index in [0.29, 0.717) is 54.3 Å². The number of piperidine rings is 1. The molecule has 1 saturated heterocycles. The van der Waals surface area contributed by atoms with Crippen LogP contribution in [0.5, 0.6) is 17.2 Å². The molecular weight excluding hydrogens is 422 g/mol. The van der Waals surface area contributed by atoms with Crippen molar-refractivity contribution in [3.05, 3.63) is 59.8 Å². The van der Waals surface area contributed by atoms with Crippen LogP contribution in [-0.2, 0) is 0 Å². The number of hydrogen-bond acceptors (Lipinski definition) is 6. The van der Waals surface area contributed by atoms with Crippen molar-refractivity contribution in [3.8, 4) is 28.5 Å². The van der Waals surface area contributed by atoms with E-state index in [0.717, 1.165) is 11.3 Å². The summed E-state index contributed by atoms with van der Waals surface area (Å²) in [6, 6.07) is 12.8. The standard InChI is InChI=1S/C25H25N3O5/c1-31-22-13-18-20(29)15-25(33-21(18)14-23(22)32-2)7-10-28(11-8-25)24(30)17-5-3-4-16(12-17)19-6-9-26-27-19/h3-6,9,12-14H,7-8,10-11,15H2,1-2H3,(H,26,27). The van der Waals surface area contributed by atoms with Crippen molar-refractivity contribution in [2.24, 2.45) is 0 Å². The Hall–Kier alpha value is -3.81. The molecule has 1 N–H and O–H groups in total. The van der Waals surface area contributed by atoms with Gasteiger partial charge in [-0.15, -0.1) is 0 Å². The Kier molecular flexibility index (Phi) is 5.28.